The number of halogens is 2. The summed E-state index contributed by atoms with van der Waals surface area (Å²) in [4.78, 5) is 12.2. The zero-order chi connectivity index (χ0) is 13.8. The molecule has 0 heterocycles. The van der Waals surface area contributed by atoms with E-state index in [1.165, 1.54) is 25.7 Å². The van der Waals surface area contributed by atoms with Crippen LogP contribution in [0.2, 0.25) is 10.0 Å². The van der Waals surface area contributed by atoms with Crippen molar-refractivity contribution in [3.63, 3.8) is 0 Å². The molecule has 1 saturated carbocycles. The molecule has 1 aromatic carbocycles. The molecule has 0 aromatic heterocycles. The van der Waals surface area contributed by atoms with E-state index in [0.717, 1.165) is 12.8 Å². The van der Waals surface area contributed by atoms with Gasteiger partial charge in [-0.3, -0.25) is 4.79 Å². The van der Waals surface area contributed by atoms with Crippen LogP contribution in [0.5, 0.6) is 0 Å². The predicted octanol–water partition coefficient (Wildman–Crippen LogP) is 4.03. The minimum atomic E-state index is -0.128. The molecule has 104 valence electrons. The number of carbonyl (C=O) groups excluding carboxylic acids is 1. The zero-order valence-corrected chi connectivity index (χ0v) is 12.2. The van der Waals surface area contributed by atoms with E-state index in [1.807, 2.05) is 0 Å². The molecule has 1 fully saturated rings. The highest BCUT2D eigenvalue weighted by Crippen LogP contribution is 2.29. The number of hydrogen-bond acceptors (Lipinski definition) is 2. The van der Waals surface area contributed by atoms with Gasteiger partial charge < -0.3 is 11.1 Å². The number of carbonyl (C=O) groups is 1. The first-order chi connectivity index (χ1) is 9.08. The van der Waals surface area contributed by atoms with Gasteiger partial charge in [-0.2, -0.15) is 0 Å². The van der Waals surface area contributed by atoms with E-state index in [0.29, 0.717) is 21.3 Å². The van der Waals surface area contributed by atoms with Crippen molar-refractivity contribution >= 4 is 34.8 Å². The SMILES string of the molecule is Nc1cc(C(=O)NC2CCCCCC2)cc(Cl)c1Cl. The van der Waals surface area contributed by atoms with Gasteiger partial charge in [0.25, 0.3) is 5.91 Å². The van der Waals surface area contributed by atoms with E-state index in [-0.39, 0.29) is 11.9 Å². The van der Waals surface area contributed by atoms with Crippen LogP contribution < -0.4 is 11.1 Å². The van der Waals surface area contributed by atoms with Crippen molar-refractivity contribution in [2.75, 3.05) is 5.73 Å². The summed E-state index contributed by atoms with van der Waals surface area (Å²) in [6.07, 6.45) is 6.95. The normalized spacial score (nSPS) is 16.9. The fourth-order valence-electron chi connectivity index (χ4n) is 2.43. The van der Waals surface area contributed by atoms with Crippen LogP contribution in [0.4, 0.5) is 5.69 Å². The second kappa shape index (κ2) is 6.49. The molecule has 5 heteroatoms. The molecular formula is C14H18Cl2N2O. The fraction of sp³-hybridized carbons (Fsp3) is 0.500. The maximum atomic E-state index is 12.2. The standard InChI is InChI=1S/C14H18Cl2N2O/c15-11-7-9(8-12(17)13(11)16)14(19)18-10-5-3-1-2-4-6-10/h7-8,10H,1-6,17H2,(H,18,19). The van der Waals surface area contributed by atoms with E-state index >= 15 is 0 Å². The topological polar surface area (TPSA) is 55.1 Å². The molecule has 0 saturated heterocycles. The molecule has 2 rings (SSSR count). The summed E-state index contributed by atoms with van der Waals surface area (Å²) in [6.45, 7) is 0. The summed E-state index contributed by atoms with van der Waals surface area (Å²) in [7, 11) is 0. The number of nitrogens with one attached hydrogen (secondary N) is 1. The summed E-state index contributed by atoms with van der Waals surface area (Å²) >= 11 is 11.8. The number of anilines is 1. The molecular weight excluding hydrogens is 283 g/mol. The lowest BCUT2D eigenvalue weighted by Crippen LogP contribution is -2.34. The average Bonchev–Trinajstić information content (AvgIpc) is 2.64. The predicted molar refractivity (Wildman–Crippen MR) is 79.8 cm³/mol. The van der Waals surface area contributed by atoms with E-state index in [9.17, 15) is 4.79 Å². The molecule has 1 aliphatic carbocycles. The Morgan fingerprint density at radius 1 is 1.16 bits per heavy atom. The Hall–Kier alpha value is -0.930. The summed E-state index contributed by atoms with van der Waals surface area (Å²) < 4.78 is 0. The van der Waals surface area contributed by atoms with Gasteiger partial charge in [0.15, 0.2) is 0 Å². The van der Waals surface area contributed by atoms with Crippen LogP contribution in [0.25, 0.3) is 0 Å². The average molecular weight is 301 g/mol. The molecule has 19 heavy (non-hydrogen) atoms. The van der Waals surface area contributed by atoms with Crippen molar-refractivity contribution in [3.05, 3.63) is 27.7 Å². The van der Waals surface area contributed by atoms with Crippen molar-refractivity contribution < 1.29 is 4.79 Å². The Labute approximate surface area is 123 Å². The highest BCUT2D eigenvalue weighted by Gasteiger charge is 2.17. The largest absolute Gasteiger partial charge is 0.397 e. The maximum Gasteiger partial charge on any atom is 0.251 e. The Morgan fingerprint density at radius 2 is 1.79 bits per heavy atom. The van der Waals surface area contributed by atoms with Crippen LogP contribution in [0, 0.1) is 0 Å². The molecule has 1 amide bonds. The van der Waals surface area contributed by atoms with E-state index < -0.39 is 0 Å². The summed E-state index contributed by atoms with van der Waals surface area (Å²) in [5.74, 6) is -0.128. The lowest BCUT2D eigenvalue weighted by atomic mass is 10.1. The van der Waals surface area contributed by atoms with E-state index in [4.69, 9.17) is 28.9 Å². The molecule has 0 spiro atoms. The molecule has 0 atom stereocenters. The Morgan fingerprint density at radius 3 is 2.37 bits per heavy atom. The van der Waals surface area contributed by atoms with Gasteiger partial charge in [-0.25, -0.2) is 0 Å². The summed E-state index contributed by atoms with van der Waals surface area (Å²) in [5, 5.41) is 3.66. The third-order valence-corrected chi connectivity index (χ3v) is 4.33. The quantitative estimate of drug-likeness (QED) is 0.640. The lowest BCUT2D eigenvalue weighted by Gasteiger charge is -2.16. The minimum Gasteiger partial charge on any atom is -0.397 e. The van der Waals surface area contributed by atoms with E-state index in [1.54, 1.807) is 12.1 Å². The molecule has 0 unspecified atom stereocenters. The van der Waals surface area contributed by atoms with Crippen molar-refractivity contribution in [3.8, 4) is 0 Å². The van der Waals surface area contributed by atoms with Crippen LogP contribution in [0.3, 0.4) is 0 Å². The highest BCUT2D eigenvalue weighted by molar-refractivity contribution is 6.43. The van der Waals surface area contributed by atoms with Crippen LogP contribution in [0.15, 0.2) is 12.1 Å². The third-order valence-electron chi connectivity index (χ3n) is 3.51. The van der Waals surface area contributed by atoms with Crippen LogP contribution in [-0.2, 0) is 0 Å². The van der Waals surface area contributed by atoms with Gasteiger partial charge in [-0.05, 0) is 25.0 Å². The van der Waals surface area contributed by atoms with Gasteiger partial charge in [-0.1, -0.05) is 48.9 Å². The first-order valence-electron chi connectivity index (χ1n) is 6.63. The highest BCUT2D eigenvalue weighted by atomic mass is 35.5. The second-order valence-electron chi connectivity index (χ2n) is 5.02. The number of rotatable bonds is 2. The van der Waals surface area contributed by atoms with Crippen LogP contribution >= 0.6 is 23.2 Å². The Bertz CT molecular complexity index is 446. The molecule has 0 radical (unpaired) electrons. The van der Waals surface area contributed by atoms with Crippen molar-refractivity contribution in [2.24, 2.45) is 0 Å². The minimum absolute atomic E-state index is 0.128. The molecule has 0 bridgehead atoms. The smallest absolute Gasteiger partial charge is 0.251 e. The maximum absolute atomic E-state index is 12.2. The summed E-state index contributed by atoms with van der Waals surface area (Å²) in [5.41, 5.74) is 6.52. The first kappa shape index (κ1) is 14.5. The van der Waals surface area contributed by atoms with Gasteiger partial charge in [0.2, 0.25) is 0 Å². The number of hydrogen-bond donors (Lipinski definition) is 2. The van der Waals surface area contributed by atoms with Crippen molar-refractivity contribution in [1.82, 2.24) is 5.32 Å². The van der Waals surface area contributed by atoms with Crippen LogP contribution in [-0.4, -0.2) is 11.9 Å². The molecule has 3 nitrogen and oxygen atoms in total. The third kappa shape index (κ3) is 3.77. The number of benzene rings is 1. The van der Waals surface area contributed by atoms with E-state index in [2.05, 4.69) is 5.32 Å². The Kier molecular flexibility index (Phi) is 4.94. The van der Waals surface area contributed by atoms with Gasteiger partial charge in [0.05, 0.1) is 15.7 Å². The summed E-state index contributed by atoms with van der Waals surface area (Å²) in [6, 6.07) is 3.39. The lowest BCUT2D eigenvalue weighted by molar-refractivity contribution is 0.0933. The second-order valence-corrected chi connectivity index (χ2v) is 5.81. The van der Waals surface area contributed by atoms with Crippen molar-refractivity contribution in [1.29, 1.82) is 0 Å². The van der Waals surface area contributed by atoms with Gasteiger partial charge in [0, 0.05) is 11.6 Å². The number of nitrogen functional groups attached to an aromatic ring is 1. The fourth-order valence-corrected chi connectivity index (χ4v) is 2.77. The van der Waals surface area contributed by atoms with Gasteiger partial charge >= 0.3 is 0 Å². The number of amides is 1. The molecule has 1 aliphatic rings. The van der Waals surface area contributed by atoms with Crippen LogP contribution in [0.1, 0.15) is 48.9 Å². The molecule has 0 aliphatic heterocycles. The van der Waals surface area contributed by atoms with Gasteiger partial charge in [-0.15, -0.1) is 0 Å². The van der Waals surface area contributed by atoms with Crippen molar-refractivity contribution in [2.45, 2.75) is 44.6 Å². The monoisotopic (exact) mass is 300 g/mol. The van der Waals surface area contributed by atoms with Gasteiger partial charge in [0.1, 0.15) is 0 Å². The Balaban J connectivity index is 2.07. The molecule has 1 aromatic rings. The first-order valence-corrected chi connectivity index (χ1v) is 7.39. The molecule has 3 N–H and O–H groups in total. The zero-order valence-electron chi connectivity index (χ0n) is 10.7. The number of nitrogens with two attached hydrogens (primary N) is 1.